The molecule has 2 aromatic carbocycles. The molecule has 0 atom stereocenters. The number of hydrogen-bond acceptors (Lipinski definition) is 3. The van der Waals surface area contributed by atoms with Gasteiger partial charge in [0.15, 0.2) is 11.5 Å². The lowest BCUT2D eigenvalue weighted by molar-refractivity contribution is 0.356. The fraction of sp³-hybridized carbons (Fsp3) is 0.333. The Kier molecular flexibility index (Phi) is 4.05. The van der Waals surface area contributed by atoms with Crippen molar-refractivity contribution in [3.05, 3.63) is 35.9 Å². The number of nitrogens with one attached hydrogen (secondary N) is 1. The second-order valence-electron chi connectivity index (χ2n) is 4.17. The van der Waals surface area contributed by atoms with Crippen LogP contribution in [0.15, 0.2) is 30.3 Å². The van der Waals surface area contributed by atoms with Crippen LogP contribution in [0.2, 0.25) is 0 Å². The first kappa shape index (κ1) is 12.7. The number of methoxy groups -OCH3 is 2. The van der Waals surface area contributed by atoms with Crippen molar-refractivity contribution < 1.29 is 9.47 Å². The summed E-state index contributed by atoms with van der Waals surface area (Å²) >= 11 is 0. The van der Waals surface area contributed by atoms with E-state index in [0.29, 0.717) is 0 Å². The van der Waals surface area contributed by atoms with Gasteiger partial charge < -0.3 is 14.8 Å². The SMILES string of the molecule is CCNCc1ccc2cc(OC)c(OC)cc2c1. The third kappa shape index (κ3) is 2.57. The Morgan fingerprint density at radius 2 is 1.61 bits per heavy atom. The Balaban J connectivity index is 2.42. The van der Waals surface area contributed by atoms with Crippen molar-refractivity contribution in [3.8, 4) is 11.5 Å². The highest BCUT2D eigenvalue weighted by atomic mass is 16.5. The summed E-state index contributed by atoms with van der Waals surface area (Å²) < 4.78 is 10.6. The Labute approximate surface area is 108 Å². The number of rotatable bonds is 5. The Bertz CT molecular complexity index is 537. The number of ether oxygens (including phenoxy) is 2. The van der Waals surface area contributed by atoms with E-state index in [1.165, 1.54) is 10.9 Å². The predicted octanol–water partition coefficient (Wildman–Crippen LogP) is 2.97. The fourth-order valence-corrected chi connectivity index (χ4v) is 2.00. The topological polar surface area (TPSA) is 30.5 Å². The summed E-state index contributed by atoms with van der Waals surface area (Å²) in [6, 6.07) is 10.5. The van der Waals surface area contributed by atoms with Crippen molar-refractivity contribution in [2.45, 2.75) is 13.5 Å². The molecule has 2 aromatic rings. The van der Waals surface area contributed by atoms with E-state index in [9.17, 15) is 0 Å². The summed E-state index contributed by atoms with van der Waals surface area (Å²) in [6.45, 7) is 3.97. The molecule has 1 N–H and O–H groups in total. The molecule has 96 valence electrons. The molecule has 3 nitrogen and oxygen atoms in total. The zero-order valence-electron chi connectivity index (χ0n) is 11.1. The zero-order chi connectivity index (χ0) is 13.0. The first-order chi connectivity index (χ1) is 8.78. The molecule has 0 aliphatic rings. The van der Waals surface area contributed by atoms with Crippen molar-refractivity contribution in [3.63, 3.8) is 0 Å². The summed E-state index contributed by atoms with van der Waals surface area (Å²) in [6.07, 6.45) is 0. The first-order valence-electron chi connectivity index (χ1n) is 6.14. The van der Waals surface area contributed by atoms with E-state index in [1.807, 2.05) is 12.1 Å². The third-order valence-corrected chi connectivity index (χ3v) is 2.99. The van der Waals surface area contributed by atoms with Gasteiger partial charge in [-0.3, -0.25) is 0 Å². The second kappa shape index (κ2) is 5.74. The molecule has 0 aromatic heterocycles. The van der Waals surface area contributed by atoms with Gasteiger partial charge in [0.05, 0.1) is 14.2 Å². The number of benzene rings is 2. The molecule has 0 saturated heterocycles. The molecule has 0 bridgehead atoms. The maximum atomic E-state index is 5.32. The van der Waals surface area contributed by atoms with Crippen molar-refractivity contribution in [1.82, 2.24) is 5.32 Å². The average Bonchev–Trinajstić information content (AvgIpc) is 2.43. The molecule has 0 aliphatic heterocycles. The van der Waals surface area contributed by atoms with Crippen LogP contribution < -0.4 is 14.8 Å². The van der Waals surface area contributed by atoms with Gasteiger partial charge >= 0.3 is 0 Å². The molecule has 18 heavy (non-hydrogen) atoms. The van der Waals surface area contributed by atoms with Crippen LogP contribution >= 0.6 is 0 Å². The van der Waals surface area contributed by atoms with Crippen LogP contribution in [-0.2, 0) is 6.54 Å². The molecule has 0 unspecified atom stereocenters. The lowest BCUT2D eigenvalue weighted by atomic mass is 10.1. The minimum atomic E-state index is 0.768. The largest absolute Gasteiger partial charge is 0.493 e. The van der Waals surface area contributed by atoms with Crippen molar-refractivity contribution in [2.24, 2.45) is 0 Å². The highest BCUT2D eigenvalue weighted by Crippen LogP contribution is 2.32. The van der Waals surface area contributed by atoms with E-state index in [2.05, 4.69) is 30.4 Å². The molecule has 0 saturated carbocycles. The fourth-order valence-electron chi connectivity index (χ4n) is 2.00. The Morgan fingerprint density at radius 3 is 2.22 bits per heavy atom. The van der Waals surface area contributed by atoms with Gasteiger partial charge in [-0.05, 0) is 41.1 Å². The third-order valence-electron chi connectivity index (χ3n) is 2.99. The lowest BCUT2D eigenvalue weighted by Crippen LogP contribution is -2.11. The predicted molar refractivity (Wildman–Crippen MR) is 74.4 cm³/mol. The molecule has 0 fully saturated rings. The maximum Gasteiger partial charge on any atom is 0.161 e. The van der Waals surface area contributed by atoms with E-state index >= 15 is 0 Å². The van der Waals surface area contributed by atoms with E-state index < -0.39 is 0 Å². The number of fused-ring (bicyclic) bond motifs is 1. The minimum Gasteiger partial charge on any atom is -0.493 e. The number of hydrogen-bond donors (Lipinski definition) is 1. The summed E-state index contributed by atoms with van der Waals surface area (Å²) in [7, 11) is 3.31. The molecule has 0 amide bonds. The van der Waals surface area contributed by atoms with Crippen LogP contribution in [0.4, 0.5) is 0 Å². The highest BCUT2D eigenvalue weighted by molar-refractivity contribution is 5.86. The Morgan fingerprint density at radius 1 is 0.944 bits per heavy atom. The van der Waals surface area contributed by atoms with Crippen molar-refractivity contribution in [1.29, 1.82) is 0 Å². The molecule has 0 heterocycles. The summed E-state index contributed by atoms with van der Waals surface area (Å²) in [5.74, 6) is 1.54. The van der Waals surface area contributed by atoms with Crippen LogP contribution in [0.5, 0.6) is 11.5 Å². The van der Waals surface area contributed by atoms with Gasteiger partial charge in [0.25, 0.3) is 0 Å². The zero-order valence-corrected chi connectivity index (χ0v) is 11.1. The first-order valence-corrected chi connectivity index (χ1v) is 6.14. The van der Waals surface area contributed by atoms with E-state index in [1.54, 1.807) is 14.2 Å². The smallest absolute Gasteiger partial charge is 0.161 e. The molecule has 0 radical (unpaired) electrons. The van der Waals surface area contributed by atoms with Crippen molar-refractivity contribution in [2.75, 3.05) is 20.8 Å². The van der Waals surface area contributed by atoms with Gasteiger partial charge in [-0.15, -0.1) is 0 Å². The van der Waals surface area contributed by atoms with Gasteiger partial charge in [0, 0.05) is 6.54 Å². The molecule has 3 heteroatoms. The average molecular weight is 245 g/mol. The van der Waals surface area contributed by atoms with Gasteiger partial charge in [-0.2, -0.15) is 0 Å². The van der Waals surface area contributed by atoms with E-state index in [0.717, 1.165) is 30.0 Å². The van der Waals surface area contributed by atoms with Crippen LogP contribution in [-0.4, -0.2) is 20.8 Å². The van der Waals surface area contributed by atoms with Crippen molar-refractivity contribution >= 4 is 10.8 Å². The van der Waals surface area contributed by atoms with Gasteiger partial charge in [-0.25, -0.2) is 0 Å². The normalized spacial score (nSPS) is 10.6. The monoisotopic (exact) mass is 245 g/mol. The molecule has 0 aliphatic carbocycles. The quantitative estimate of drug-likeness (QED) is 0.878. The highest BCUT2D eigenvalue weighted by Gasteiger charge is 2.06. The molecule has 0 spiro atoms. The minimum absolute atomic E-state index is 0.768. The van der Waals surface area contributed by atoms with Crippen LogP contribution in [0.25, 0.3) is 10.8 Å². The second-order valence-corrected chi connectivity index (χ2v) is 4.17. The summed E-state index contributed by atoms with van der Waals surface area (Å²) in [5, 5.41) is 5.65. The molecule has 2 rings (SSSR count). The Hall–Kier alpha value is -1.74. The van der Waals surface area contributed by atoms with Gasteiger partial charge in [0.2, 0.25) is 0 Å². The summed E-state index contributed by atoms with van der Waals surface area (Å²) in [5.41, 5.74) is 1.27. The van der Waals surface area contributed by atoms with Crippen LogP contribution in [0.3, 0.4) is 0 Å². The van der Waals surface area contributed by atoms with E-state index in [-0.39, 0.29) is 0 Å². The molecular formula is C15H19NO2. The van der Waals surface area contributed by atoms with Crippen LogP contribution in [0.1, 0.15) is 12.5 Å². The maximum absolute atomic E-state index is 5.32. The van der Waals surface area contributed by atoms with Gasteiger partial charge in [0.1, 0.15) is 0 Å². The standard InChI is InChI=1S/C15H19NO2/c1-4-16-10-11-5-6-12-8-14(17-2)15(18-3)9-13(12)7-11/h5-9,16H,4,10H2,1-3H3. The van der Waals surface area contributed by atoms with E-state index in [4.69, 9.17) is 9.47 Å². The summed E-state index contributed by atoms with van der Waals surface area (Å²) in [4.78, 5) is 0. The van der Waals surface area contributed by atoms with Gasteiger partial charge in [-0.1, -0.05) is 19.1 Å². The lowest BCUT2D eigenvalue weighted by Gasteiger charge is -2.10. The molecular weight excluding hydrogens is 226 g/mol. The van der Waals surface area contributed by atoms with Crippen LogP contribution in [0, 0.1) is 0 Å².